The molecule has 0 radical (unpaired) electrons. The van der Waals surface area contributed by atoms with Crippen LogP contribution in [-0.4, -0.2) is 19.7 Å². The van der Waals surface area contributed by atoms with Crippen molar-refractivity contribution in [3.63, 3.8) is 0 Å². The first-order valence-electron chi connectivity index (χ1n) is 7.77. The van der Waals surface area contributed by atoms with Gasteiger partial charge in [0.2, 0.25) is 0 Å². The Bertz CT molecular complexity index is 703. The molecular formula is C18H19IO4. The lowest BCUT2D eigenvalue weighted by Gasteiger charge is -2.20. The number of carbonyl (C=O) groups excluding carboxylic acids is 1. The van der Waals surface area contributed by atoms with Crippen LogP contribution in [0.1, 0.15) is 47.6 Å². The molecule has 5 heteroatoms. The van der Waals surface area contributed by atoms with Crippen LogP contribution in [0.2, 0.25) is 0 Å². The predicted molar refractivity (Wildman–Crippen MR) is 95.5 cm³/mol. The summed E-state index contributed by atoms with van der Waals surface area (Å²) in [6.45, 7) is 2.18. The highest BCUT2D eigenvalue weighted by molar-refractivity contribution is 14.1. The SMILES string of the molecule is CCOC(=O)c1ccc(-c2oc3c(c2I)C(OC)CCC3)cc1. The van der Waals surface area contributed by atoms with E-state index in [1.165, 1.54) is 5.56 Å². The fourth-order valence-electron chi connectivity index (χ4n) is 2.96. The lowest BCUT2D eigenvalue weighted by atomic mass is 9.95. The Hall–Kier alpha value is -1.34. The molecule has 1 unspecified atom stereocenters. The molecule has 0 aliphatic heterocycles. The van der Waals surface area contributed by atoms with E-state index < -0.39 is 0 Å². The van der Waals surface area contributed by atoms with Gasteiger partial charge in [-0.25, -0.2) is 4.79 Å². The van der Waals surface area contributed by atoms with E-state index in [1.807, 2.05) is 12.1 Å². The van der Waals surface area contributed by atoms with E-state index >= 15 is 0 Å². The van der Waals surface area contributed by atoms with Gasteiger partial charge in [0.25, 0.3) is 0 Å². The van der Waals surface area contributed by atoms with Gasteiger partial charge >= 0.3 is 5.97 Å². The maximum Gasteiger partial charge on any atom is 0.338 e. The van der Waals surface area contributed by atoms with E-state index in [2.05, 4.69) is 22.6 Å². The van der Waals surface area contributed by atoms with Gasteiger partial charge in [0.15, 0.2) is 0 Å². The van der Waals surface area contributed by atoms with Crippen molar-refractivity contribution in [2.75, 3.05) is 13.7 Å². The topological polar surface area (TPSA) is 48.7 Å². The zero-order valence-corrected chi connectivity index (χ0v) is 15.4. The van der Waals surface area contributed by atoms with E-state index in [4.69, 9.17) is 13.9 Å². The average Bonchev–Trinajstić information content (AvgIpc) is 2.92. The Morgan fingerprint density at radius 1 is 1.35 bits per heavy atom. The molecule has 0 N–H and O–H groups in total. The minimum absolute atomic E-state index is 0.113. The molecule has 4 nitrogen and oxygen atoms in total. The summed E-state index contributed by atoms with van der Waals surface area (Å²) < 4.78 is 17.8. The first kappa shape index (κ1) is 16.5. The van der Waals surface area contributed by atoms with Crippen molar-refractivity contribution in [1.29, 1.82) is 0 Å². The number of methoxy groups -OCH3 is 1. The molecule has 122 valence electrons. The van der Waals surface area contributed by atoms with Gasteiger partial charge in [0.05, 0.1) is 21.8 Å². The van der Waals surface area contributed by atoms with Crippen LogP contribution in [0.15, 0.2) is 28.7 Å². The maximum atomic E-state index is 11.7. The van der Waals surface area contributed by atoms with Crippen molar-refractivity contribution < 1.29 is 18.7 Å². The number of halogens is 1. The molecule has 0 spiro atoms. The maximum absolute atomic E-state index is 11.7. The Labute approximate surface area is 149 Å². The largest absolute Gasteiger partial charge is 0.462 e. The summed E-state index contributed by atoms with van der Waals surface area (Å²) in [6, 6.07) is 7.36. The lowest BCUT2D eigenvalue weighted by Crippen LogP contribution is -2.10. The number of ether oxygens (including phenoxy) is 2. The second-order valence-corrected chi connectivity index (χ2v) is 6.58. The third-order valence-electron chi connectivity index (χ3n) is 4.10. The Morgan fingerprint density at radius 3 is 2.74 bits per heavy atom. The molecule has 0 amide bonds. The Morgan fingerprint density at radius 2 is 2.09 bits per heavy atom. The molecule has 1 atom stereocenters. The highest BCUT2D eigenvalue weighted by atomic mass is 127. The molecule has 0 fully saturated rings. The van der Waals surface area contributed by atoms with Crippen LogP contribution in [0, 0.1) is 3.57 Å². The summed E-state index contributed by atoms with van der Waals surface area (Å²) in [5.74, 6) is 1.58. The first-order chi connectivity index (χ1) is 11.2. The lowest BCUT2D eigenvalue weighted by molar-refractivity contribution is 0.0526. The molecule has 1 aliphatic carbocycles. The molecule has 23 heavy (non-hydrogen) atoms. The van der Waals surface area contributed by atoms with E-state index in [0.29, 0.717) is 12.2 Å². The van der Waals surface area contributed by atoms with Crippen LogP contribution < -0.4 is 0 Å². The molecule has 0 saturated heterocycles. The van der Waals surface area contributed by atoms with Gasteiger partial charge in [0.1, 0.15) is 11.5 Å². The van der Waals surface area contributed by atoms with Crippen molar-refractivity contribution in [2.45, 2.75) is 32.3 Å². The predicted octanol–water partition coefficient (Wildman–Crippen LogP) is 4.75. The molecule has 1 heterocycles. The van der Waals surface area contributed by atoms with Gasteiger partial charge in [-0.2, -0.15) is 0 Å². The summed E-state index contributed by atoms with van der Waals surface area (Å²) in [5.41, 5.74) is 2.70. The third kappa shape index (κ3) is 3.17. The van der Waals surface area contributed by atoms with Crippen LogP contribution in [0.5, 0.6) is 0 Å². The number of hydrogen-bond donors (Lipinski definition) is 0. The Balaban J connectivity index is 1.93. The number of hydrogen-bond acceptors (Lipinski definition) is 4. The number of benzene rings is 1. The normalized spacial score (nSPS) is 16.9. The van der Waals surface area contributed by atoms with Crippen molar-refractivity contribution in [3.8, 4) is 11.3 Å². The second kappa shape index (κ2) is 7.05. The molecule has 1 aromatic carbocycles. The van der Waals surface area contributed by atoms with Gasteiger partial charge in [0, 0.05) is 24.7 Å². The van der Waals surface area contributed by atoms with Crippen LogP contribution in [0.3, 0.4) is 0 Å². The summed E-state index contributed by atoms with van der Waals surface area (Å²) in [4.78, 5) is 11.7. The van der Waals surface area contributed by atoms with Crippen LogP contribution in [0.25, 0.3) is 11.3 Å². The van der Waals surface area contributed by atoms with Crippen molar-refractivity contribution in [2.24, 2.45) is 0 Å². The number of fused-ring (bicyclic) bond motifs is 1. The second-order valence-electron chi connectivity index (χ2n) is 5.50. The van der Waals surface area contributed by atoms with E-state index in [9.17, 15) is 4.79 Å². The third-order valence-corrected chi connectivity index (χ3v) is 5.17. The smallest absolute Gasteiger partial charge is 0.338 e. The number of rotatable bonds is 4. The summed E-state index contributed by atoms with van der Waals surface area (Å²) in [7, 11) is 1.75. The summed E-state index contributed by atoms with van der Waals surface area (Å²) in [6.07, 6.45) is 3.17. The van der Waals surface area contributed by atoms with E-state index in [0.717, 1.165) is 39.9 Å². The van der Waals surface area contributed by atoms with Gasteiger partial charge in [-0.15, -0.1) is 0 Å². The number of aryl methyl sites for hydroxylation is 1. The van der Waals surface area contributed by atoms with E-state index in [1.54, 1.807) is 26.2 Å². The molecule has 0 saturated carbocycles. The molecular weight excluding hydrogens is 407 g/mol. The van der Waals surface area contributed by atoms with Crippen molar-refractivity contribution >= 4 is 28.6 Å². The average molecular weight is 426 g/mol. The van der Waals surface area contributed by atoms with Crippen LogP contribution in [-0.2, 0) is 15.9 Å². The van der Waals surface area contributed by atoms with Crippen LogP contribution in [0.4, 0.5) is 0 Å². The number of esters is 1. The molecule has 2 aromatic rings. The standard InChI is InChI=1S/C18H19IO4/c1-3-22-18(20)12-9-7-11(8-10-12)17-16(19)15-13(21-2)5-4-6-14(15)23-17/h7-10,13H,3-6H2,1-2H3. The zero-order valence-electron chi connectivity index (χ0n) is 13.2. The zero-order chi connectivity index (χ0) is 16.4. The highest BCUT2D eigenvalue weighted by Crippen LogP contribution is 2.42. The van der Waals surface area contributed by atoms with E-state index in [-0.39, 0.29) is 12.1 Å². The summed E-state index contributed by atoms with van der Waals surface area (Å²) >= 11 is 2.33. The first-order valence-corrected chi connectivity index (χ1v) is 8.85. The van der Waals surface area contributed by atoms with Crippen molar-refractivity contribution in [3.05, 3.63) is 44.7 Å². The van der Waals surface area contributed by atoms with Gasteiger partial charge in [-0.05, 0) is 54.5 Å². The van der Waals surface area contributed by atoms with Gasteiger partial charge in [-0.3, -0.25) is 0 Å². The van der Waals surface area contributed by atoms with Gasteiger partial charge in [-0.1, -0.05) is 12.1 Å². The van der Waals surface area contributed by atoms with Gasteiger partial charge < -0.3 is 13.9 Å². The minimum Gasteiger partial charge on any atom is -0.462 e. The Kier molecular flexibility index (Phi) is 5.06. The number of carbonyl (C=O) groups is 1. The molecule has 3 rings (SSSR count). The highest BCUT2D eigenvalue weighted by Gasteiger charge is 2.29. The fourth-order valence-corrected chi connectivity index (χ4v) is 4.03. The fraction of sp³-hybridized carbons (Fsp3) is 0.389. The van der Waals surface area contributed by atoms with Crippen molar-refractivity contribution in [1.82, 2.24) is 0 Å². The monoisotopic (exact) mass is 426 g/mol. The molecule has 1 aromatic heterocycles. The molecule has 1 aliphatic rings. The molecule has 0 bridgehead atoms. The summed E-state index contributed by atoms with van der Waals surface area (Å²) in [5, 5.41) is 0. The van der Waals surface area contributed by atoms with Crippen LogP contribution >= 0.6 is 22.6 Å². The quantitative estimate of drug-likeness (QED) is 0.523. The number of furan rings is 1. The minimum atomic E-state index is -0.299.